The van der Waals surface area contributed by atoms with Gasteiger partial charge in [0.1, 0.15) is 0 Å². The molecule has 1 aromatic rings. The summed E-state index contributed by atoms with van der Waals surface area (Å²) in [5.41, 5.74) is 2.36. The highest BCUT2D eigenvalue weighted by molar-refractivity contribution is 6.43. The predicted molar refractivity (Wildman–Crippen MR) is 61.9 cm³/mol. The molecule has 1 nitrogen and oxygen atoms in total. The van der Waals surface area contributed by atoms with E-state index in [-0.39, 0.29) is 0 Å². The number of rotatable bonds is 1. The van der Waals surface area contributed by atoms with Crippen LogP contribution < -0.4 is 5.32 Å². The van der Waals surface area contributed by atoms with Gasteiger partial charge in [0.05, 0.1) is 10.0 Å². The van der Waals surface area contributed by atoms with Crippen LogP contribution in [-0.4, -0.2) is 13.1 Å². The molecule has 0 atom stereocenters. The van der Waals surface area contributed by atoms with Crippen molar-refractivity contribution in [3.05, 3.63) is 39.9 Å². The maximum Gasteiger partial charge on any atom is 0.0667 e. The molecule has 0 amide bonds. The first-order valence-electron chi connectivity index (χ1n) is 4.63. The number of benzene rings is 1. The maximum absolute atomic E-state index is 6.13. The van der Waals surface area contributed by atoms with Crippen molar-refractivity contribution in [3.8, 4) is 0 Å². The molecular formula is C11H11Cl2N. The standard InChI is InChI=1S/C11H11Cl2N/c12-10-3-1-2-9(11(10)13)8-4-6-14-7-5-8/h1-4,14H,5-7H2. The summed E-state index contributed by atoms with van der Waals surface area (Å²) in [4.78, 5) is 0. The minimum absolute atomic E-state index is 0.628. The van der Waals surface area contributed by atoms with Crippen molar-refractivity contribution < 1.29 is 0 Å². The molecule has 1 N–H and O–H groups in total. The second-order valence-electron chi connectivity index (χ2n) is 3.28. The van der Waals surface area contributed by atoms with E-state index >= 15 is 0 Å². The third kappa shape index (κ3) is 1.95. The van der Waals surface area contributed by atoms with E-state index in [9.17, 15) is 0 Å². The highest BCUT2D eigenvalue weighted by Crippen LogP contribution is 2.32. The zero-order valence-corrected chi connectivity index (χ0v) is 9.20. The van der Waals surface area contributed by atoms with Crippen molar-refractivity contribution >= 4 is 28.8 Å². The summed E-state index contributed by atoms with van der Waals surface area (Å²) in [6, 6.07) is 5.77. The Balaban J connectivity index is 2.40. The molecule has 74 valence electrons. The van der Waals surface area contributed by atoms with Crippen LogP contribution in [0.2, 0.25) is 10.0 Å². The van der Waals surface area contributed by atoms with Crippen LogP contribution >= 0.6 is 23.2 Å². The van der Waals surface area contributed by atoms with Crippen LogP contribution in [0.4, 0.5) is 0 Å². The fraction of sp³-hybridized carbons (Fsp3) is 0.273. The van der Waals surface area contributed by atoms with Gasteiger partial charge in [-0.2, -0.15) is 0 Å². The quantitative estimate of drug-likeness (QED) is 0.776. The summed E-state index contributed by atoms with van der Waals surface area (Å²) < 4.78 is 0. The Morgan fingerprint density at radius 2 is 2.07 bits per heavy atom. The molecule has 14 heavy (non-hydrogen) atoms. The molecule has 0 saturated heterocycles. The van der Waals surface area contributed by atoms with Gasteiger partial charge in [-0.3, -0.25) is 0 Å². The number of hydrogen-bond acceptors (Lipinski definition) is 1. The normalized spacial score (nSPS) is 16.6. The topological polar surface area (TPSA) is 12.0 Å². The number of halogens is 2. The van der Waals surface area contributed by atoms with Crippen LogP contribution in [0.1, 0.15) is 12.0 Å². The van der Waals surface area contributed by atoms with Gasteiger partial charge in [-0.25, -0.2) is 0 Å². The molecule has 0 saturated carbocycles. The average Bonchev–Trinajstić information content (AvgIpc) is 2.23. The SMILES string of the molecule is Clc1cccc(C2=CCNCC2)c1Cl. The first-order chi connectivity index (χ1) is 6.79. The summed E-state index contributed by atoms with van der Waals surface area (Å²) >= 11 is 12.1. The fourth-order valence-electron chi connectivity index (χ4n) is 1.62. The summed E-state index contributed by atoms with van der Waals surface area (Å²) in [7, 11) is 0. The fourth-order valence-corrected chi connectivity index (χ4v) is 2.04. The Morgan fingerprint density at radius 3 is 2.79 bits per heavy atom. The molecule has 3 heteroatoms. The van der Waals surface area contributed by atoms with E-state index < -0.39 is 0 Å². The molecule has 1 aliphatic heterocycles. The molecule has 1 aliphatic rings. The van der Waals surface area contributed by atoms with Gasteiger partial charge in [0.15, 0.2) is 0 Å². The molecule has 0 spiro atoms. The van der Waals surface area contributed by atoms with E-state index in [1.165, 1.54) is 5.57 Å². The van der Waals surface area contributed by atoms with Crippen LogP contribution in [-0.2, 0) is 0 Å². The molecule has 0 aromatic heterocycles. The van der Waals surface area contributed by atoms with Gasteiger partial charge < -0.3 is 5.32 Å². The van der Waals surface area contributed by atoms with E-state index in [1.807, 2.05) is 18.2 Å². The van der Waals surface area contributed by atoms with Crippen molar-refractivity contribution in [2.45, 2.75) is 6.42 Å². The van der Waals surface area contributed by atoms with Gasteiger partial charge in [-0.05, 0) is 30.2 Å². The van der Waals surface area contributed by atoms with Gasteiger partial charge >= 0.3 is 0 Å². The number of nitrogens with one attached hydrogen (secondary N) is 1. The highest BCUT2D eigenvalue weighted by atomic mass is 35.5. The smallest absolute Gasteiger partial charge is 0.0667 e. The second kappa shape index (κ2) is 4.35. The Kier molecular flexibility index (Phi) is 3.12. The first-order valence-corrected chi connectivity index (χ1v) is 5.39. The predicted octanol–water partition coefficient (Wildman–Crippen LogP) is 3.37. The van der Waals surface area contributed by atoms with Gasteiger partial charge in [0, 0.05) is 6.54 Å². The number of hydrogen-bond donors (Lipinski definition) is 1. The van der Waals surface area contributed by atoms with E-state index in [0.29, 0.717) is 10.0 Å². The van der Waals surface area contributed by atoms with Crippen LogP contribution in [0, 0.1) is 0 Å². The van der Waals surface area contributed by atoms with Crippen LogP contribution in [0.25, 0.3) is 5.57 Å². The second-order valence-corrected chi connectivity index (χ2v) is 4.07. The van der Waals surface area contributed by atoms with E-state index in [4.69, 9.17) is 23.2 Å². The van der Waals surface area contributed by atoms with Crippen LogP contribution in [0.3, 0.4) is 0 Å². The lowest BCUT2D eigenvalue weighted by Crippen LogP contribution is -2.20. The third-order valence-electron chi connectivity index (χ3n) is 2.36. The lowest BCUT2D eigenvalue weighted by Gasteiger charge is -2.15. The van der Waals surface area contributed by atoms with Crippen molar-refractivity contribution in [1.82, 2.24) is 5.32 Å². The van der Waals surface area contributed by atoms with E-state index in [2.05, 4.69) is 11.4 Å². The third-order valence-corrected chi connectivity index (χ3v) is 3.18. The van der Waals surface area contributed by atoms with Crippen molar-refractivity contribution in [2.75, 3.05) is 13.1 Å². The highest BCUT2D eigenvalue weighted by Gasteiger charge is 2.10. The molecule has 0 radical (unpaired) electrons. The van der Waals surface area contributed by atoms with Gasteiger partial charge in [0.2, 0.25) is 0 Å². The van der Waals surface area contributed by atoms with E-state index in [1.54, 1.807) is 0 Å². The molecule has 0 unspecified atom stereocenters. The summed E-state index contributed by atoms with van der Waals surface area (Å²) in [6.45, 7) is 1.92. The van der Waals surface area contributed by atoms with Crippen molar-refractivity contribution in [2.24, 2.45) is 0 Å². The zero-order chi connectivity index (χ0) is 9.97. The molecule has 2 rings (SSSR count). The lowest BCUT2D eigenvalue weighted by atomic mass is 10.0. The minimum Gasteiger partial charge on any atom is -0.313 e. The Labute approximate surface area is 93.7 Å². The molecule has 1 aromatic carbocycles. The zero-order valence-electron chi connectivity index (χ0n) is 7.69. The molecule has 0 aliphatic carbocycles. The summed E-state index contributed by atoms with van der Waals surface area (Å²) in [5, 5.41) is 4.56. The molecule has 0 fully saturated rings. The summed E-state index contributed by atoms with van der Waals surface area (Å²) in [6.07, 6.45) is 3.18. The molecular weight excluding hydrogens is 217 g/mol. The lowest BCUT2D eigenvalue weighted by molar-refractivity contribution is 0.738. The van der Waals surface area contributed by atoms with Crippen LogP contribution in [0.15, 0.2) is 24.3 Å². The Hall–Kier alpha value is -0.500. The van der Waals surface area contributed by atoms with Crippen molar-refractivity contribution in [1.29, 1.82) is 0 Å². The Bertz CT molecular complexity index is 372. The van der Waals surface area contributed by atoms with Gasteiger partial charge in [-0.1, -0.05) is 41.4 Å². The first kappa shape index (κ1) is 10.0. The van der Waals surface area contributed by atoms with Crippen molar-refractivity contribution in [3.63, 3.8) is 0 Å². The van der Waals surface area contributed by atoms with Gasteiger partial charge in [-0.15, -0.1) is 0 Å². The largest absolute Gasteiger partial charge is 0.313 e. The average molecular weight is 228 g/mol. The van der Waals surface area contributed by atoms with E-state index in [0.717, 1.165) is 25.1 Å². The molecule has 1 heterocycles. The Morgan fingerprint density at radius 1 is 1.21 bits per heavy atom. The maximum atomic E-state index is 6.13. The van der Waals surface area contributed by atoms with Gasteiger partial charge in [0.25, 0.3) is 0 Å². The monoisotopic (exact) mass is 227 g/mol. The minimum atomic E-state index is 0.628. The summed E-state index contributed by atoms with van der Waals surface area (Å²) in [5.74, 6) is 0. The molecule has 0 bridgehead atoms. The van der Waals surface area contributed by atoms with Crippen LogP contribution in [0.5, 0.6) is 0 Å².